The van der Waals surface area contributed by atoms with Gasteiger partial charge in [-0.05, 0) is 19.1 Å². The Morgan fingerprint density at radius 2 is 1.93 bits per heavy atom. The lowest BCUT2D eigenvalue weighted by atomic mass is 10.2. The van der Waals surface area contributed by atoms with Crippen LogP contribution in [0.15, 0.2) is 24.3 Å². The van der Waals surface area contributed by atoms with Gasteiger partial charge in [0.05, 0.1) is 6.61 Å². The third-order valence-electron chi connectivity index (χ3n) is 1.87. The van der Waals surface area contributed by atoms with Crippen molar-refractivity contribution in [3.05, 3.63) is 29.8 Å². The van der Waals surface area contributed by atoms with Gasteiger partial charge in [-0.25, -0.2) is 0 Å². The van der Waals surface area contributed by atoms with Crippen LogP contribution in [-0.2, 0) is 9.47 Å². The van der Waals surface area contributed by atoms with Crippen LogP contribution < -0.4 is 4.74 Å². The Bertz CT molecular complexity index is 269. The van der Waals surface area contributed by atoms with Gasteiger partial charge in [-0.2, -0.15) is 0 Å². The second-order valence-electron chi connectivity index (χ2n) is 2.81. The molecule has 0 amide bonds. The normalized spacial score (nSPS) is 10.6. The quantitative estimate of drug-likeness (QED) is 0.677. The summed E-state index contributed by atoms with van der Waals surface area (Å²) < 4.78 is 15.7. The lowest BCUT2D eigenvalue weighted by Gasteiger charge is -2.14. The first-order valence-electron chi connectivity index (χ1n) is 4.60. The molecule has 78 valence electrons. The van der Waals surface area contributed by atoms with Crippen molar-refractivity contribution in [2.45, 2.75) is 13.2 Å². The van der Waals surface area contributed by atoms with Gasteiger partial charge in [0.2, 0.25) is 0 Å². The van der Waals surface area contributed by atoms with Gasteiger partial charge < -0.3 is 14.2 Å². The van der Waals surface area contributed by atoms with Crippen molar-refractivity contribution >= 4 is 0 Å². The van der Waals surface area contributed by atoms with E-state index in [0.717, 1.165) is 11.3 Å². The predicted molar refractivity (Wildman–Crippen MR) is 54.4 cm³/mol. The summed E-state index contributed by atoms with van der Waals surface area (Å²) in [6, 6.07) is 7.70. The van der Waals surface area contributed by atoms with Gasteiger partial charge in [-0.3, -0.25) is 0 Å². The summed E-state index contributed by atoms with van der Waals surface area (Å²) in [6.07, 6.45) is -0.324. The number of hydrogen-bond donors (Lipinski definition) is 0. The first-order chi connectivity index (χ1) is 6.81. The molecule has 0 unspecified atom stereocenters. The van der Waals surface area contributed by atoms with Gasteiger partial charge in [0.25, 0.3) is 0 Å². The molecule has 0 radical (unpaired) electrons. The highest BCUT2D eigenvalue weighted by atomic mass is 16.7. The summed E-state index contributed by atoms with van der Waals surface area (Å²) in [5, 5.41) is 0. The Balaban J connectivity index is 2.81. The minimum Gasteiger partial charge on any atom is -0.494 e. The molecule has 0 saturated carbocycles. The molecule has 1 aromatic carbocycles. The van der Waals surface area contributed by atoms with Crippen LogP contribution in [0.1, 0.15) is 18.8 Å². The van der Waals surface area contributed by atoms with Crippen LogP contribution in [0.4, 0.5) is 0 Å². The summed E-state index contributed by atoms with van der Waals surface area (Å²) in [7, 11) is 3.23. The summed E-state index contributed by atoms with van der Waals surface area (Å²) in [5.41, 5.74) is 0.959. The minimum absolute atomic E-state index is 0.324. The molecule has 0 aliphatic rings. The third-order valence-corrected chi connectivity index (χ3v) is 1.87. The highest BCUT2D eigenvalue weighted by Crippen LogP contribution is 2.21. The molecular weight excluding hydrogens is 180 g/mol. The van der Waals surface area contributed by atoms with E-state index in [-0.39, 0.29) is 6.29 Å². The maximum absolute atomic E-state index is 5.37. The molecule has 14 heavy (non-hydrogen) atoms. The molecule has 3 heteroatoms. The standard InChI is InChI=1S/C11H16O3/c1-4-14-10-7-5-6-9(8-10)11(12-2)13-3/h5-8,11H,4H2,1-3H3. The number of methoxy groups -OCH3 is 2. The first-order valence-corrected chi connectivity index (χ1v) is 4.60. The Labute approximate surface area is 84.6 Å². The zero-order valence-corrected chi connectivity index (χ0v) is 8.82. The fraction of sp³-hybridized carbons (Fsp3) is 0.455. The van der Waals surface area contributed by atoms with Crippen LogP contribution >= 0.6 is 0 Å². The molecule has 0 bridgehead atoms. The van der Waals surface area contributed by atoms with Crippen molar-refractivity contribution < 1.29 is 14.2 Å². The smallest absolute Gasteiger partial charge is 0.183 e. The number of benzene rings is 1. The highest BCUT2D eigenvalue weighted by Gasteiger charge is 2.08. The second-order valence-corrected chi connectivity index (χ2v) is 2.81. The van der Waals surface area contributed by atoms with E-state index < -0.39 is 0 Å². The lowest BCUT2D eigenvalue weighted by molar-refractivity contribution is -0.106. The zero-order valence-electron chi connectivity index (χ0n) is 8.82. The average Bonchev–Trinajstić information content (AvgIpc) is 2.21. The number of rotatable bonds is 5. The average molecular weight is 196 g/mol. The van der Waals surface area contributed by atoms with Crippen molar-refractivity contribution in [1.82, 2.24) is 0 Å². The molecule has 0 heterocycles. The van der Waals surface area contributed by atoms with Crippen LogP contribution in [0, 0.1) is 0 Å². The van der Waals surface area contributed by atoms with E-state index in [1.165, 1.54) is 0 Å². The minimum atomic E-state index is -0.324. The van der Waals surface area contributed by atoms with Crippen LogP contribution in [0.25, 0.3) is 0 Å². The molecule has 0 aliphatic carbocycles. The van der Waals surface area contributed by atoms with E-state index in [1.54, 1.807) is 14.2 Å². The number of ether oxygens (including phenoxy) is 3. The highest BCUT2D eigenvalue weighted by molar-refractivity contribution is 5.29. The van der Waals surface area contributed by atoms with E-state index in [1.807, 2.05) is 31.2 Å². The van der Waals surface area contributed by atoms with Gasteiger partial charge >= 0.3 is 0 Å². The topological polar surface area (TPSA) is 27.7 Å². The largest absolute Gasteiger partial charge is 0.494 e. The van der Waals surface area contributed by atoms with Crippen LogP contribution in [0.5, 0.6) is 5.75 Å². The van der Waals surface area contributed by atoms with Crippen molar-refractivity contribution in [3.8, 4) is 5.75 Å². The van der Waals surface area contributed by atoms with Crippen LogP contribution in [0.2, 0.25) is 0 Å². The van der Waals surface area contributed by atoms with Gasteiger partial charge in [0.15, 0.2) is 6.29 Å². The fourth-order valence-electron chi connectivity index (χ4n) is 1.29. The molecule has 0 fully saturated rings. The van der Waals surface area contributed by atoms with Crippen molar-refractivity contribution in [2.75, 3.05) is 20.8 Å². The molecule has 0 N–H and O–H groups in total. The number of hydrogen-bond acceptors (Lipinski definition) is 3. The Kier molecular flexibility index (Phi) is 4.43. The second kappa shape index (κ2) is 5.62. The Morgan fingerprint density at radius 1 is 1.21 bits per heavy atom. The fourth-order valence-corrected chi connectivity index (χ4v) is 1.29. The zero-order chi connectivity index (χ0) is 10.4. The van der Waals surface area contributed by atoms with E-state index in [2.05, 4.69) is 0 Å². The molecule has 0 atom stereocenters. The maximum Gasteiger partial charge on any atom is 0.183 e. The molecule has 0 aliphatic heterocycles. The van der Waals surface area contributed by atoms with Gasteiger partial charge in [-0.1, -0.05) is 12.1 Å². The van der Waals surface area contributed by atoms with Gasteiger partial charge in [0.1, 0.15) is 5.75 Å². The van der Waals surface area contributed by atoms with E-state index in [4.69, 9.17) is 14.2 Å². The summed E-state index contributed by atoms with van der Waals surface area (Å²) in [5.74, 6) is 0.837. The van der Waals surface area contributed by atoms with E-state index in [0.29, 0.717) is 6.61 Å². The monoisotopic (exact) mass is 196 g/mol. The van der Waals surface area contributed by atoms with E-state index >= 15 is 0 Å². The van der Waals surface area contributed by atoms with Crippen molar-refractivity contribution in [3.63, 3.8) is 0 Å². The molecule has 1 aromatic rings. The Hall–Kier alpha value is -1.06. The third kappa shape index (κ3) is 2.72. The van der Waals surface area contributed by atoms with Crippen molar-refractivity contribution in [2.24, 2.45) is 0 Å². The summed E-state index contributed by atoms with van der Waals surface area (Å²) in [6.45, 7) is 2.62. The molecule has 1 rings (SSSR count). The lowest BCUT2D eigenvalue weighted by Crippen LogP contribution is -2.03. The summed E-state index contributed by atoms with van der Waals surface area (Å²) in [4.78, 5) is 0. The Morgan fingerprint density at radius 3 is 2.50 bits per heavy atom. The van der Waals surface area contributed by atoms with Gasteiger partial charge in [0, 0.05) is 19.8 Å². The van der Waals surface area contributed by atoms with Crippen LogP contribution in [-0.4, -0.2) is 20.8 Å². The van der Waals surface area contributed by atoms with Crippen LogP contribution in [0.3, 0.4) is 0 Å². The van der Waals surface area contributed by atoms with Gasteiger partial charge in [-0.15, -0.1) is 0 Å². The van der Waals surface area contributed by atoms with E-state index in [9.17, 15) is 0 Å². The predicted octanol–water partition coefficient (Wildman–Crippen LogP) is 2.38. The van der Waals surface area contributed by atoms with Crippen molar-refractivity contribution in [1.29, 1.82) is 0 Å². The molecule has 0 spiro atoms. The summed E-state index contributed by atoms with van der Waals surface area (Å²) >= 11 is 0. The molecule has 0 saturated heterocycles. The molecule has 0 aromatic heterocycles. The maximum atomic E-state index is 5.37. The molecular formula is C11H16O3. The SMILES string of the molecule is CCOc1cccc(C(OC)OC)c1. The molecule has 3 nitrogen and oxygen atoms in total. The first kappa shape index (κ1) is 11.0.